The molecule has 1 unspecified atom stereocenters. The summed E-state index contributed by atoms with van der Waals surface area (Å²) in [5, 5.41) is 0. The maximum absolute atomic E-state index is 12.8. The lowest BCUT2D eigenvalue weighted by atomic mass is 10.1. The molecule has 0 saturated heterocycles. The molecule has 0 amide bonds. The third kappa shape index (κ3) is 52.5. The zero-order valence-electron chi connectivity index (χ0n) is 43.6. The van der Waals surface area contributed by atoms with Crippen LogP contribution in [-0.4, -0.2) is 37.2 Å². The van der Waals surface area contributed by atoms with E-state index in [-0.39, 0.29) is 37.5 Å². The Morgan fingerprint density at radius 1 is 0.309 bits per heavy atom. The molecule has 0 aromatic heterocycles. The average molecular weight is 939 g/mol. The summed E-state index contributed by atoms with van der Waals surface area (Å²) in [6.07, 6.45) is 77.3. The quantitative estimate of drug-likeness (QED) is 0.0262. The highest BCUT2D eigenvalue weighted by Crippen LogP contribution is 2.12. The van der Waals surface area contributed by atoms with Crippen LogP contribution in [0.2, 0.25) is 0 Å². The van der Waals surface area contributed by atoms with Crippen molar-refractivity contribution in [2.24, 2.45) is 0 Å². The summed E-state index contributed by atoms with van der Waals surface area (Å²) in [6.45, 7) is 6.30. The molecule has 0 aromatic rings. The maximum Gasteiger partial charge on any atom is 0.306 e. The average Bonchev–Trinajstić information content (AvgIpc) is 3.34. The molecule has 0 heterocycles. The van der Waals surface area contributed by atoms with E-state index in [1.54, 1.807) is 0 Å². The van der Waals surface area contributed by atoms with Crippen molar-refractivity contribution in [3.8, 4) is 0 Å². The fourth-order valence-electron chi connectivity index (χ4n) is 6.85. The molecule has 0 aromatic carbocycles. The molecule has 0 spiro atoms. The van der Waals surface area contributed by atoms with Crippen LogP contribution in [0.25, 0.3) is 0 Å². The zero-order chi connectivity index (χ0) is 49.3. The van der Waals surface area contributed by atoms with Crippen LogP contribution in [0, 0.1) is 0 Å². The smallest absolute Gasteiger partial charge is 0.306 e. The van der Waals surface area contributed by atoms with Gasteiger partial charge in [0.2, 0.25) is 0 Å². The van der Waals surface area contributed by atoms with E-state index in [0.29, 0.717) is 19.3 Å². The van der Waals surface area contributed by atoms with Crippen molar-refractivity contribution in [3.05, 3.63) is 134 Å². The molecule has 0 N–H and O–H groups in total. The van der Waals surface area contributed by atoms with Crippen molar-refractivity contribution >= 4 is 17.9 Å². The van der Waals surface area contributed by atoms with Crippen LogP contribution in [-0.2, 0) is 28.6 Å². The van der Waals surface area contributed by atoms with E-state index in [4.69, 9.17) is 14.2 Å². The Bertz CT molecular complexity index is 1500. The maximum atomic E-state index is 12.8. The van der Waals surface area contributed by atoms with Gasteiger partial charge >= 0.3 is 17.9 Å². The summed E-state index contributed by atoms with van der Waals surface area (Å²) < 4.78 is 16.7. The second kappa shape index (κ2) is 55.1. The SMILES string of the molecule is CC/C=C\C/C=C\C/C=C\C/C=C\C/C=C\CCCCCC(=O)OCC(COC(=O)CCCCCCC/C=C\CCCCCCC)OC(=O)CCC/C=C\C/C=C\C/C=C\C/C=C\C/C=C\CC. The first-order valence-electron chi connectivity index (χ1n) is 27.2. The molecule has 0 aliphatic heterocycles. The normalized spacial score (nSPS) is 13.2. The van der Waals surface area contributed by atoms with Crippen molar-refractivity contribution < 1.29 is 28.6 Å². The molecule has 0 rings (SSSR count). The highest BCUT2D eigenvalue weighted by atomic mass is 16.6. The zero-order valence-corrected chi connectivity index (χ0v) is 43.6. The van der Waals surface area contributed by atoms with Gasteiger partial charge in [-0.1, -0.05) is 206 Å². The number of hydrogen-bond acceptors (Lipinski definition) is 6. The summed E-state index contributed by atoms with van der Waals surface area (Å²) in [5.74, 6) is -1.03. The Hall–Kier alpha value is -4.45. The van der Waals surface area contributed by atoms with Crippen molar-refractivity contribution in [1.82, 2.24) is 0 Å². The van der Waals surface area contributed by atoms with Crippen molar-refractivity contribution in [2.45, 2.75) is 226 Å². The van der Waals surface area contributed by atoms with E-state index in [1.165, 1.54) is 44.9 Å². The van der Waals surface area contributed by atoms with Crippen LogP contribution in [0.1, 0.15) is 220 Å². The largest absolute Gasteiger partial charge is 0.462 e. The van der Waals surface area contributed by atoms with E-state index in [0.717, 1.165) is 128 Å². The van der Waals surface area contributed by atoms with Gasteiger partial charge in [0.1, 0.15) is 13.2 Å². The van der Waals surface area contributed by atoms with Crippen molar-refractivity contribution in [3.63, 3.8) is 0 Å². The second-order valence-electron chi connectivity index (χ2n) is 17.4. The fraction of sp³-hybridized carbons (Fsp3) is 0.597. The van der Waals surface area contributed by atoms with E-state index >= 15 is 0 Å². The lowest BCUT2D eigenvalue weighted by molar-refractivity contribution is -0.167. The van der Waals surface area contributed by atoms with Gasteiger partial charge < -0.3 is 14.2 Å². The molecular formula is C62H98O6. The monoisotopic (exact) mass is 939 g/mol. The topological polar surface area (TPSA) is 78.9 Å². The van der Waals surface area contributed by atoms with Crippen LogP contribution >= 0.6 is 0 Å². The van der Waals surface area contributed by atoms with Crippen LogP contribution in [0.3, 0.4) is 0 Å². The standard InChI is InChI=1S/C62H98O6/c1-4-7-10-13-16-19-22-25-28-30-31-33-34-37-40-43-46-49-52-55-61(64)67-58-59(57-66-60(63)54-51-48-45-42-39-36-27-24-21-18-15-12-9-6-3)68-62(65)56-53-50-47-44-41-38-35-32-29-26-23-20-17-14-11-8-5-2/h7-8,10-11,16-17,19-20,24-29,31,33,35,37-38,40,44,47,59H,4-6,9,12-15,18,21-23,30,32,34,36,39,41-43,45-46,48-58H2,1-3H3/b10-7-,11-8-,19-16-,20-17-,27-24-,28-25-,29-26-,33-31-,38-35-,40-37-,47-44-. The first-order chi connectivity index (χ1) is 33.5. The molecule has 0 aliphatic carbocycles. The van der Waals surface area contributed by atoms with Gasteiger partial charge in [-0.3, -0.25) is 14.4 Å². The number of carbonyl (C=O) groups excluding carboxylic acids is 3. The first kappa shape index (κ1) is 63.5. The Balaban J connectivity index is 4.58. The van der Waals surface area contributed by atoms with Gasteiger partial charge in [0, 0.05) is 19.3 Å². The Morgan fingerprint density at radius 3 is 0.971 bits per heavy atom. The minimum atomic E-state index is -0.830. The summed E-state index contributed by atoms with van der Waals surface area (Å²) >= 11 is 0. The lowest BCUT2D eigenvalue weighted by Crippen LogP contribution is -2.30. The van der Waals surface area contributed by atoms with Gasteiger partial charge in [0.15, 0.2) is 6.10 Å². The number of unbranched alkanes of at least 4 members (excludes halogenated alkanes) is 14. The van der Waals surface area contributed by atoms with Gasteiger partial charge in [-0.15, -0.1) is 0 Å². The summed E-state index contributed by atoms with van der Waals surface area (Å²) in [6, 6.07) is 0. The van der Waals surface area contributed by atoms with Gasteiger partial charge in [0.05, 0.1) is 0 Å². The number of allylic oxidation sites excluding steroid dienone is 22. The summed E-state index contributed by atoms with van der Waals surface area (Å²) in [5.41, 5.74) is 0. The third-order valence-corrected chi connectivity index (χ3v) is 10.9. The molecule has 0 fully saturated rings. The fourth-order valence-corrected chi connectivity index (χ4v) is 6.85. The Labute approximate surface area is 417 Å². The Morgan fingerprint density at radius 2 is 0.588 bits per heavy atom. The van der Waals surface area contributed by atoms with E-state index in [1.807, 2.05) is 0 Å². The molecule has 382 valence electrons. The molecule has 1 atom stereocenters. The van der Waals surface area contributed by atoms with Crippen molar-refractivity contribution in [1.29, 1.82) is 0 Å². The number of hydrogen-bond donors (Lipinski definition) is 0. The Kier molecular flexibility index (Phi) is 51.5. The van der Waals surface area contributed by atoms with Crippen LogP contribution in [0.15, 0.2) is 134 Å². The van der Waals surface area contributed by atoms with Gasteiger partial charge in [-0.25, -0.2) is 0 Å². The third-order valence-electron chi connectivity index (χ3n) is 10.9. The molecule has 0 saturated carbocycles. The van der Waals surface area contributed by atoms with E-state index in [2.05, 4.69) is 154 Å². The molecule has 6 heteroatoms. The highest BCUT2D eigenvalue weighted by Gasteiger charge is 2.19. The number of esters is 3. The summed E-state index contributed by atoms with van der Waals surface area (Å²) in [7, 11) is 0. The van der Waals surface area contributed by atoms with Crippen LogP contribution < -0.4 is 0 Å². The predicted molar refractivity (Wildman–Crippen MR) is 292 cm³/mol. The predicted octanol–water partition coefficient (Wildman–Crippen LogP) is 18.3. The molecule has 0 radical (unpaired) electrons. The number of rotatable bonds is 47. The van der Waals surface area contributed by atoms with Gasteiger partial charge in [-0.2, -0.15) is 0 Å². The number of carbonyl (C=O) groups is 3. The molecular weight excluding hydrogens is 841 g/mol. The number of ether oxygens (including phenoxy) is 3. The summed E-state index contributed by atoms with van der Waals surface area (Å²) in [4.78, 5) is 38.1. The van der Waals surface area contributed by atoms with Gasteiger partial charge in [-0.05, 0) is 128 Å². The molecule has 0 aliphatic rings. The second-order valence-corrected chi connectivity index (χ2v) is 17.4. The molecule has 0 bridgehead atoms. The lowest BCUT2D eigenvalue weighted by Gasteiger charge is -2.18. The van der Waals surface area contributed by atoms with Crippen LogP contribution in [0.4, 0.5) is 0 Å². The molecule has 68 heavy (non-hydrogen) atoms. The van der Waals surface area contributed by atoms with E-state index in [9.17, 15) is 14.4 Å². The minimum Gasteiger partial charge on any atom is -0.462 e. The van der Waals surface area contributed by atoms with Gasteiger partial charge in [0.25, 0.3) is 0 Å². The first-order valence-corrected chi connectivity index (χ1v) is 27.2. The minimum absolute atomic E-state index is 0.120. The highest BCUT2D eigenvalue weighted by molar-refractivity contribution is 5.71. The van der Waals surface area contributed by atoms with Crippen LogP contribution in [0.5, 0.6) is 0 Å². The van der Waals surface area contributed by atoms with E-state index < -0.39 is 6.10 Å². The van der Waals surface area contributed by atoms with Crippen molar-refractivity contribution in [2.75, 3.05) is 13.2 Å². The molecule has 6 nitrogen and oxygen atoms in total.